The number of anilines is 2. The number of nitrogens with one attached hydrogen (secondary N) is 1. The Kier molecular flexibility index (Phi) is 4.31. The number of ketones is 2. The number of hydrogen-bond acceptors (Lipinski definition) is 6. The van der Waals surface area contributed by atoms with Gasteiger partial charge in [-0.1, -0.05) is 30.3 Å². The average molecular weight is 439 g/mol. The molecule has 4 rings (SSSR count). The number of halogens is 1. The molecule has 0 aliphatic heterocycles. The molecule has 7 heteroatoms. The van der Waals surface area contributed by atoms with E-state index in [-0.39, 0.29) is 39.4 Å². The number of carbonyl (C=O) groups excluding carboxylic acids is 2. The molecule has 0 bridgehead atoms. The first kappa shape index (κ1) is 18.1. The molecule has 0 atom stereocenters. The Bertz CT molecular complexity index is 1140. The van der Waals surface area contributed by atoms with E-state index in [0.29, 0.717) is 16.7 Å². The first-order chi connectivity index (χ1) is 13.4. The van der Waals surface area contributed by atoms with Crippen LogP contribution < -0.4 is 11.1 Å². The summed E-state index contributed by atoms with van der Waals surface area (Å²) in [4.78, 5) is 26.3. The third-order valence-electron chi connectivity index (χ3n) is 4.71. The third kappa shape index (κ3) is 2.71. The SMILES string of the molecule is Nc1c(Br)cc(O)c2c1C(=O)c1c(NCc3ccccc3)ccc(O)c1C2=O. The largest absolute Gasteiger partial charge is 0.507 e. The maximum absolute atomic E-state index is 13.2. The van der Waals surface area contributed by atoms with Gasteiger partial charge in [-0.15, -0.1) is 0 Å². The molecule has 0 amide bonds. The number of hydrogen-bond donors (Lipinski definition) is 4. The van der Waals surface area contributed by atoms with E-state index < -0.39 is 11.6 Å². The summed E-state index contributed by atoms with van der Waals surface area (Å²) in [7, 11) is 0. The van der Waals surface area contributed by atoms with Gasteiger partial charge in [0, 0.05) is 16.7 Å². The standard InChI is InChI=1S/C21H15BrN2O4/c22-11-8-14(26)17-18(19(11)23)20(27)15-12(6-7-13(25)16(15)21(17)28)24-9-10-4-2-1-3-5-10/h1-8,24-26H,9,23H2. The van der Waals surface area contributed by atoms with Crippen LogP contribution in [0.5, 0.6) is 11.5 Å². The molecular weight excluding hydrogens is 424 g/mol. The summed E-state index contributed by atoms with van der Waals surface area (Å²) in [5.41, 5.74) is 7.09. The van der Waals surface area contributed by atoms with Gasteiger partial charge in [-0.05, 0) is 39.7 Å². The Balaban J connectivity index is 1.87. The molecule has 3 aromatic carbocycles. The van der Waals surface area contributed by atoms with Gasteiger partial charge in [0.05, 0.1) is 27.9 Å². The Morgan fingerprint density at radius 1 is 0.857 bits per heavy atom. The van der Waals surface area contributed by atoms with Crippen LogP contribution in [0.25, 0.3) is 0 Å². The van der Waals surface area contributed by atoms with Gasteiger partial charge < -0.3 is 21.3 Å². The molecule has 3 aromatic rings. The Hall–Kier alpha value is -3.32. The minimum atomic E-state index is -0.651. The fraction of sp³-hybridized carbons (Fsp3) is 0.0476. The number of nitrogen functional groups attached to an aromatic ring is 1. The van der Waals surface area contributed by atoms with Gasteiger partial charge in [-0.25, -0.2) is 0 Å². The van der Waals surface area contributed by atoms with Gasteiger partial charge in [0.1, 0.15) is 11.5 Å². The molecule has 1 aliphatic carbocycles. The van der Waals surface area contributed by atoms with Gasteiger partial charge >= 0.3 is 0 Å². The number of phenolic OH excluding ortho intramolecular Hbond substituents is 2. The van der Waals surface area contributed by atoms with E-state index in [1.807, 2.05) is 30.3 Å². The second-order valence-corrected chi connectivity index (χ2v) is 7.28. The maximum Gasteiger partial charge on any atom is 0.202 e. The zero-order valence-electron chi connectivity index (χ0n) is 14.5. The highest BCUT2D eigenvalue weighted by molar-refractivity contribution is 9.10. The summed E-state index contributed by atoms with van der Waals surface area (Å²) < 4.78 is 0.312. The molecule has 1 aliphatic rings. The van der Waals surface area contributed by atoms with Crippen LogP contribution in [0.1, 0.15) is 37.4 Å². The normalized spacial score (nSPS) is 12.5. The maximum atomic E-state index is 13.2. The molecular formula is C21H15BrN2O4. The topological polar surface area (TPSA) is 113 Å². The molecule has 140 valence electrons. The molecule has 0 unspecified atom stereocenters. The quantitative estimate of drug-likeness (QED) is 0.285. The van der Waals surface area contributed by atoms with Crippen molar-refractivity contribution in [1.82, 2.24) is 0 Å². The second kappa shape index (κ2) is 6.69. The van der Waals surface area contributed by atoms with Crippen molar-refractivity contribution in [1.29, 1.82) is 0 Å². The van der Waals surface area contributed by atoms with Crippen molar-refractivity contribution in [3.63, 3.8) is 0 Å². The minimum Gasteiger partial charge on any atom is -0.507 e. The Morgan fingerprint density at radius 2 is 1.50 bits per heavy atom. The van der Waals surface area contributed by atoms with E-state index in [1.165, 1.54) is 12.1 Å². The highest BCUT2D eigenvalue weighted by Crippen LogP contribution is 2.44. The van der Waals surface area contributed by atoms with E-state index in [9.17, 15) is 19.8 Å². The van der Waals surface area contributed by atoms with Crippen LogP contribution in [0.2, 0.25) is 0 Å². The second-order valence-electron chi connectivity index (χ2n) is 6.42. The lowest BCUT2D eigenvalue weighted by atomic mass is 9.81. The summed E-state index contributed by atoms with van der Waals surface area (Å²) in [6.07, 6.45) is 0. The van der Waals surface area contributed by atoms with Crippen LogP contribution in [-0.2, 0) is 6.54 Å². The average Bonchev–Trinajstić information content (AvgIpc) is 2.68. The molecule has 0 saturated carbocycles. The predicted molar refractivity (Wildman–Crippen MR) is 109 cm³/mol. The predicted octanol–water partition coefficient (Wildman–Crippen LogP) is 3.83. The first-order valence-electron chi connectivity index (χ1n) is 8.44. The first-order valence-corrected chi connectivity index (χ1v) is 9.23. The molecule has 0 aromatic heterocycles. The summed E-state index contributed by atoms with van der Waals surface area (Å²) in [6.45, 7) is 0.422. The number of carbonyl (C=O) groups is 2. The van der Waals surface area contributed by atoms with Crippen molar-refractivity contribution >= 4 is 38.9 Å². The monoisotopic (exact) mass is 438 g/mol. The summed E-state index contributed by atoms with van der Waals surface area (Å²) in [5, 5.41) is 23.7. The molecule has 0 saturated heterocycles. The number of aromatic hydroxyl groups is 2. The fourth-order valence-electron chi connectivity index (χ4n) is 3.37. The molecule has 5 N–H and O–H groups in total. The summed E-state index contributed by atoms with van der Waals surface area (Å²) in [6, 6.07) is 13.7. The van der Waals surface area contributed by atoms with Crippen molar-refractivity contribution in [2.75, 3.05) is 11.1 Å². The van der Waals surface area contributed by atoms with Crippen molar-refractivity contribution in [3.8, 4) is 11.5 Å². The van der Waals surface area contributed by atoms with E-state index in [2.05, 4.69) is 21.2 Å². The van der Waals surface area contributed by atoms with Gasteiger partial charge in [-0.3, -0.25) is 9.59 Å². The zero-order valence-corrected chi connectivity index (χ0v) is 16.1. The Labute approximate surface area is 168 Å². The van der Waals surface area contributed by atoms with Crippen LogP contribution >= 0.6 is 15.9 Å². The van der Waals surface area contributed by atoms with E-state index in [1.54, 1.807) is 6.07 Å². The zero-order chi connectivity index (χ0) is 20.0. The summed E-state index contributed by atoms with van der Waals surface area (Å²) >= 11 is 3.19. The van der Waals surface area contributed by atoms with Crippen LogP contribution in [0.3, 0.4) is 0 Å². The highest BCUT2D eigenvalue weighted by atomic mass is 79.9. The van der Waals surface area contributed by atoms with Crippen LogP contribution in [0, 0.1) is 0 Å². The molecule has 28 heavy (non-hydrogen) atoms. The van der Waals surface area contributed by atoms with Crippen molar-refractivity contribution in [3.05, 3.63) is 80.8 Å². The molecule has 0 spiro atoms. The molecule has 0 heterocycles. The lowest BCUT2D eigenvalue weighted by Gasteiger charge is -2.24. The number of nitrogens with two attached hydrogens (primary N) is 1. The highest BCUT2D eigenvalue weighted by Gasteiger charge is 2.38. The number of rotatable bonds is 3. The van der Waals surface area contributed by atoms with Gasteiger partial charge in [0.15, 0.2) is 5.78 Å². The van der Waals surface area contributed by atoms with E-state index >= 15 is 0 Å². The van der Waals surface area contributed by atoms with Crippen LogP contribution in [0.4, 0.5) is 11.4 Å². The van der Waals surface area contributed by atoms with Crippen LogP contribution in [0.15, 0.2) is 53.0 Å². The number of fused-ring (bicyclic) bond motifs is 2. The smallest absolute Gasteiger partial charge is 0.202 e. The lowest BCUT2D eigenvalue weighted by molar-refractivity contribution is 0.0975. The fourth-order valence-corrected chi connectivity index (χ4v) is 3.78. The molecule has 6 nitrogen and oxygen atoms in total. The van der Waals surface area contributed by atoms with Crippen molar-refractivity contribution in [2.45, 2.75) is 6.54 Å². The number of benzene rings is 3. The lowest BCUT2D eigenvalue weighted by Crippen LogP contribution is -2.24. The van der Waals surface area contributed by atoms with Crippen LogP contribution in [-0.4, -0.2) is 21.8 Å². The van der Waals surface area contributed by atoms with Crippen molar-refractivity contribution < 1.29 is 19.8 Å². The van der Waals surface area contributed by atoms with Gasteiger partial charge in [-0.2, -0.15) is 0 Å². The van der Waals surface area contributed by atoms with Crippen molar-refractivity contribution in [2.24, 2.45) is 0 Å². The number of phenols is 2. The third-order valence-corrected chi connectivity index (χ3v) is 5.37. The van der Waals surface area contributed by atoms with E-state index in [0.717, 1.165) is 5.56 Å². The minimum absolute atomic E-state index is 0.0395. The molecule has 0 radical (unpaired) electrons. The molecule has 0 fully saturated rings. The van der Waals surface area contributed by atoms with E-state index in [4.69, 9.17) is 5.73 Å². The van der Waals surface area contributed by atoms with Gasteiger partial charge in [0.25, 0.3) is 0 Å². The van der Waals surface area contributed by atoms with Gasteiger partial charge in [0.2, 0.25) is 5.78 Å². The summed E-state index contributed by atoms with van der Waals surface area (Å²) in [5.74, 6) is -1.89. The Morgan fingerprint density at radius 3 is 2.21 bits per heavy atom.